The lowest BCUT2D eigenvalue weighted by molar-refractivity contribution is -0.137. The zero-order valence-corrected chi connectivity index (χ0v) is 14.1. The van der Waals surface area contributed by atoms with E-state index in [9.17, 15) is 9.59 Å². The summed E-state index contributed by atoms with van der Waals surface area (Å²) in [7, 11) is 0. The highest BCUT2D eigenvalue weighted by Gasteiger charge is 2.22. The Labute approximate surface area is 140 Å². The number of ether oxygens (including phenoxy) is 1. The lowest BCUT2D eigenvalue weighted by Crippen LogP contribution is -2.23. The topological polar surface area (TPSA) is 88.5 Å². The zero-order valence-electron chi connectivity index (χ0n) is 13.3. The predicted octanol–water partition coefficient (Wildman–Crippen LogP) is 3.15. The number of thiazole rings is 1. The molecule has 0 saturated carbocycles. The van der Waals surface area contributed by atoms with Crippen molar-refractivity contribution in [3.05, 3.63) is 16.1 Å². The van der Waals surface area contributed by atoms with Crippen LogP contribution in [0, 0.1) is 0 Å². The number of nitrogens with zero attached hydrogens (tertiary/aromatic N) is 1. The average Bonchev–Trinajstić information content (AvgIpc) is 3.19. The van der Waals surface area contributed by atoms with Crippen LogP contribution in [0.1, 0.15) is 72.1 Å². The molecule has 2 N–H and O–H groups in total. The summed E-state index contributed by atoms with van der Waals surface area (Å²) in [6, 6.07) is 0. The van der Waals surface area contributed by atoms with Gasteiger partial charge in [0.25, 0.3) is 5.91 Å². The number of hydrogen-bond donors (Lipinski definition) is 2. The lowest BCUT2D eigenvalue weighted by Gasteiger charge is -2.04. The third-order valence-corrected chi connectivity index (χ3v) is 4.89. The molecule has 1 aliphatic rings. The summed E-state index contributed by atoms with van der Waals surface area (Å²) >= 11 is 1.41. The second-order valence-electron chi connectivity index (χ2n) is 5.73. The largest absolute Gasteiger partial charge is 0.481 e. The maximum absolute atomic E-state index is 12.0. The minimum absolute atomic E-state index is 0.0624. The first-order valence-electron chi connectivity index (χ1n) is 8.24. The molecule has 0 aromatic carbocycles. The molecule has 1 fully saturated rings. The molecule has 1 saturated heterocycles. The number of aliphatic carboxylic acids is 1. The van der Waals surface area contributed by atoms with E-state index in [1.54, 1.807) is 6.20 Å². The highest BCUT2D eigenvalue weighted by molar-refractivity contribution is 7.13. The van der Waals surface area contributed by atoms with Gasteiger partial charge in [0.15, 0.2) is 0 Å². The van der Waals surface area contributed by atoms with Gasteiger partial charge in [-0.2, -0.15) is 0 Å². The monoisotopic (exact) mass is 340 g/mol. The minimum atomic E-state index is -0.732. The molecule has 1 aromatic heterocycles. The molecular formula is C16H24N2O4S. The van der Waals surface area contributed by atoms with E-state index in [0.717, 1.165) is 56.6 Å². The SMILES string of the molecule is O=C(O)CCCCCCCNC(=O)c1cnc(C2CCCO2)s1. The Hall–Kier alpha value is -1.47. The van der Waals surface area contributed by atoms with Gasteiger partial charge in [-0.05, 0) is 25.7 Å². The number of carboxylic acids is 1. The predicted molar refractivity (Wildman–Crippen MR) is 87.7 cm³/mol. The van der Waals surface area contributed by atoms with Crippen LogP contribution in [0.15, 0.2) is 6.20 Å². The van der Waals surface area contributed by atoms with Gasteiger partial charge in [0.2, 0.25) is 0 Å². The van der Waals surface area contributed by atoms with Crippen molar-refractivity contribution in [2.24, 2.45) is 0 Å². The molecule has 0 aliphatic carbocycles. The van der Waals surface area contributed by atoms with Crippen LogP contribution in [0.5, 0.6) is 0 Å². The number of amides is 1. The number of nitrogens with one attached hydrogen (secondary N) is 1. The number of carboxylic acid groups (broad SMARTS) is 1. The Kier molecular flexibility index (Phi) is 7.48. The molecule has 7 heteroatoms. The highest BCUT2D eigenvalue weighted by atomic mass is 32.1. The van der Waals surface area contributed by atoms with Gasteiger partial charge in [-0.1, -0.05) is 19.3 Å². The van der Waals surface area contributed by atoms with Crippen LogP contribution in [0.3, 0.4) is 0 Å². The van der Waals surface area contributed by atoms with Gasteiger partial charge in [0.1, 0.15) is 16.0 Å². The summed E-state index contributed by atoms with van der Waals surface area (Å²) in [6.45, 7) is 1.42. The molecule has 1 amide bonds. The standard InChI is InChI=1S/C16H24N2O4S/c19-14(20)8-4-2-1-3-5-9-17-15(21)13-11-18-16(23-13)12-7-6-10-22-12/h11-12H,1-10H2,(H,17,21)(H,19,20). The van der Waals surface area contributed by atoms with E-state index in [4.69, 9.17) is 9.84 Å². The normalized spacial score (nSPS) is 17.3. The quantitative estimate of drug-likeness (QED) is 0.639. The number of unbranched alkanes of at least 4 members (excludes halogenated alkanes) is 4. The molecule has 6 nitrogen and oxygen atoms in total. The summed E-state index contributed by atoms with van der Waals surface area (Å²) in [4.78, 5) is 27.3. The number of rotatable bonds is 10. The second kappa shape index (κ2) is 9.62. The molecule has 1 aromatic rings. The molecule has 23 heavy (non-hydrogen) atoms. The van der Waals surface area contributed by atoms with E-state index in [1.165, 1.54) is 11.3 Å². The molecule has 0 radical (unpaired) electrons. The van der Waals surface area contributed by atoms with Gasteiger partial charge in [-0.15, -0.1) is 11.3 Å². The maximum atomic E-state index is 12.0. The van der Waals surface area contributed by atoms with Crippen molar-refractivity contribution in [2.75, 3.05) is 13.2 Å². The van der Waals surface area contributed by atoms with E-state index >= 15 is 0 Å². The zero-order chi connectivity index (χ0) is 16.5. The molecule has 1 atom stereocenters. The van der Waals surface area contributed by atoms with Crippen LogP contribution in [0.2, 0.25) is 0 Å². The van der Waals surface area contributed by atoms with Crippen molar-refractivity contribution in [1.82, 2.24) is 10.3 Å². The van der Waals surface area contributed by atoms with Crippen LogP contribution in [0.4, 0.5) is 0 Å². The van der Waals surface area contributed by atoms with Gasteiger partial charge in [-0.25, -0.2) is 4.98 Å². The van der Waals surface area contributed by atoms with Crippen LogP contribution < -0.4 is 5.32 Å². The molecular weight excluding hydrogens is 316 g/mol. The molecule has 1 aliphatic heterocycles. The lowest BCUT2D eigenvalue weighted by atomic mass is 10.1. The van der Waals surface area contributed by atoms with Crippen molar-refractivity contribution in [2.45, 2.75) is 57.5 Å². The van der Waals surface area contributed by atoms with Gasteiger partial charge < -0.3 is 15.2 Å². The Morgan fingerprint density at radius 1 is 1.30 bits per heavy atom. The van der Waals surface area contributed by atoms with E-state index in [1.807, 2.05) is 0 Å². The Morgan fingerprint density at radius 3 is 2.83 bits per heavy atom. The fraction of sp³-hybridized carbons (Fsp3) is 0.688. The molecule has 0 spiro atoms. The van der Waals surface area contributed by atoms with E-state index < -0.39 is 5.97 Å². The second-order valence-corrected chi connectivity index (χ2v) is 6.79. The molecule has 2 heterocycles. The van der Waals surface area contributed by atoms with Crippen molar-refractivity contribution < 1.29 is 19.4 Å². The van der Waals surface area contributed by atoms with E-state index in [-0.39, 0.29) is 18.4 Å². The summed E-state index contributed by atoms with van der Waals surface area (Å²) < 4.78 is 5.57. The first-order chi connectivity index (χ1) is 11.2. The summed E-state index contributed by atoms with van der Waals surface area (Å²) in [6.07, 6.45) is 8.56. The van der Waals surface area contributed by atoms with Crippen molar-refractivity contribution in [3.63, 3.8) is 0 Å². The van der Waals surface area contributed by atoms with Gasteiger partial charge in [-0.3, -0.25) is 9.59 Å². The molecule has 0 bridgehead atoms. The average molecular weight is 340 g/mol. The third kappa shape index (κ3) is 6.27. The summed E-state index contributed by atoms with van der Waals surface area (Å²) in [5.41, 5.74) is 0. The Bertz CT molecular complexity index is 512. The van der Waals surface area contributed by atoms with Crippen LogP contribution in [0.25, 0.3) is 0 Å². The number of carbonyl (C=O) groups is 2. The van der Waals surface area contributed by atoms with E-state index in [2.05, 4.69) is 10.3 Å². The third-order valence-electron chi connectivity index (χ3n) is 3.81. The Morgan fingerprint density at radius 2 is 2.09 bits per heavy atom. The van der Waals surface area contributed by atoms with Crippen molar-refractivity contribution in [1.29, 1.82) is 0 Å². The fourth-order valence-corrected chi connectivity index (χ4v) is 3.45. The molecule has 2 rings (SSSR count). The number of carbonyl (C=O) groups excluding carboxylic acids is 1. The maximum Gasteiger partial charge on any atom is 0.303 e. The highest BCUT2D eigenvalue weighted by Crippen LogP contribution is 2.31. The van der Waals surface area contributed by atoms with Crippen molar-refractivity contribution in [3.8, 4) is 0 Å². The molecule has 1 unspecified atom stereocenters. The summed E-state index contributed by atoms with van der Waals surface area (Å²) in [5.74, 6) is -0.804. The molecule has 128 valence electrons. The minimum Gasteiger partial charge on any atom is -0.481 e. The van der Waals surface area contributed by atoms with Crippen LogP contribution in [-0.4, -0.2) is 35.1 Å². The van der Waals surface area contributed by atoms with E-state index in [0.29, 0.717) is 11.4 Å². The summed E-state index contributed by atoms with van der Waals surface area (Å²) in [5, 5.41) is 12.3. The Balaban J connectivity index is 1.57. The first kappa shape index (κ1) is 17.9. The number of aromatic nitrogens is 1. The fourth-order valence-electron chi connectivity index (χ4n) is 2.53. The van der Waals surface area contributed by atoms with Gasteiger partial charge in [0.05, 0.1) is 6.20 Å². The van der Waals surface area contributed by atoms with Gasteiger partial charge in [0, 0.05) is 19.6 Å². The first-order valence-corrected chi connectivity index (χ1v) is 9.06. The van der Waals surface area contributed by atoms with Gasteiger partial charge >= 0.3 is 5.97 Å². The van der Waals surface area contributed by atoms with Crippen molar-refractivity contribution >= 4 is 23.2 Å². The number of hydrogen-bond acceptors (Lipinski definition) is 5. The van der Waals surface area contributed by atoms with Crippen LogP contribution in [-0.2, 0) is 9.53 Å². The smallest absolute Gasteiger partial charge is 0.303 e. The van der Waals surface area contributed by atoms with Crippen LogP contribution >= 0.6 is 11.3 Å².